The van der Waals surface area contributed by atoms with Gasteiger partial charge in [-0.2, -0.15) is 0 Å². The van der Waals surface area contributed by atoms with Gasteiger partial charge >= 0.3 is 0 Å². The van der Waals surface area contributed by atoms with Crippen molar-refractivity contribution < 1.29 is 4.74 Å². The molecule has 0 aliphatic heterocycles. The molecule has 0 spiro atoms. The van der Waals surface area contributed by atoms with Gasteiger partial charge in [-0.1, -0.05) is 0 Å². The first kappa shape index (κ1) is 11.5. The third-order valence-corrected chi connectivity index (χ3v) is 3.58. The molecule has 0 saturated heterocycles. The van der Waals surface area contributed by atoms with Gasteiger partial charge in [0, 0.05) is 20.1 Å². The largest absolute Gasteiger partial charge is 0.378 e. The van der Waals surface area contributed by atoms with Crippen LogP contribution in [0, 0.1) is 0 Å². The fraction of sp³-hybridized carbons (Fsp3) is 0.818. The van der Waals surface area contributed by atoms with Crippen LogP contribution in [0.2, 0.25) is 0 Å². The van der Waals surface area contributed by atoms with Gasteiger partial charge in [0.05, 0.1) is 12.1 Å². The molecule has 1 saturated carbocycles. The Hall–Kier alpha value is -0.940. The van der Waals surface area contributed by atoms with Crippen LogP contribution in [0.5, 0.6) is 0 Å². The van der Waals surface area contributed by atoms with E-state index in [2.05, 4.69) is 21.7 Å². The molecule has 5 nitrogen and oxygen atoms in total. The molecule has 0 aromatic carbocycles. The number of hydrogen-bond donors (Lipinski definition) is 1. The molecule has 0 amide bonds. The lowest BCUT2D eigenvalue weighted by atomic mass is 9.77. The lowest BCUT2D eigenvalue weighted by molar-refractivity contribution is -0.0726. The SMILES string of the molecule is CCn1c(CN)nnc1CC1(OC)CCC1. The molecule has 0 radical (unpaired) electrons. The third-order valence-electron chi connectivity index (χ3n) is 3.58. The van der Waals surface area contributed by atoms with Gasteiger partial charge in [-0.05, 0) is 26.2 Å². The summed E-state index contributed by atoms with van der Waals surface area (Å²) in [7, 11) is 1.79. The maximum absolute atomic E-state index is 5.63. The van der Waals surface area contributed by atoms with Crippen LogP contribution in [-0.2, 0) is 24.2 Å². The van der Waals surface area contributed by atoms with Gasteiger partial charge in [-0.25, -0.2) is 0 Å². The van der Waals surface area contributed by atoms with E-state index < -0.39 is 0 Å². The fourth-order valence-corrected chi connectivity index (χ4v) is 2.33. The van der Waals surface area contributed by atoms with Crippen molar-refractivity contribution in [3.63, 3.8) is 0 Å². The van der Waals surface area contributed by atoms with E-state index >= 15 is 0 Å². The first-order chi connectivity index (χ1) is 7.74. The summed E-state index contributed by atoms with van der Waals surface area (Å²) in [5, 5.41) is 8.34. The summed E-state index contributed by atoms with van der Waals surface area (Å²) in [5.41, 5.74) is 5.63. The summed E-state index contributed by atoms with van der Waals surface area (Å²) in [6, 6.07) is 0. The van der Waals surface area contributed by atoms with Crippen LogP contribution >= 0.6 is 0 Å². The third kappa shape index (κ3) is 1.85. The Kier molecular flexibility index (Phi) is 3.25. The van der Waals surface area contributed by atoms with E-state index in [4.69, 9.17) is 10.5 Å². The molecule has 1 aliphatic rings. The van der Waals surface area contributed by atoms with E-state index in [9.17, 15) is 0 Å². The summed E-state index contributed by atoms with van der Waals surface area (Å²) in [6.07, 6.45) is 4.35. The maximum Gasteiger partial charge on any atom is 0.146 e. The first-order valence-electron chi connectivity index (χ1n) is 5.91. The Bertz CT molecular complexity index is 351. The normalized spacial score (nSPS) is 18.4. The summed E-state index contributed by atoms with van der Waals surface area (Å²) < 4.78 is 7.70. The van der Waals surface area contributed by atoms with Gasteiger partial charge in [-0.3, -0.25) is 0 Å². The summed E-state index contributed by atoms with van der Waals surface area (Å²) in [6.45, 7) is 3.40. The van der Waals surface area contributed by atoms with Gasteiger partial charge in [0.1, 0.15) is 11.6 Å². The summed E-state index contributed by atoms with van der Waals surface area (Å²) in [4.78, 5) is 0. The molecule has 16 heavy (non-hydrogen) atoms. The molecule has 1 heterocycles. The number of ether oxygens (including phenoxy) is 1. The lowest BCUT2D eigenvalue weighted by Gasteiger charge is -2.40. The Morgan fingerprint density at radius 2 is 2.06 bits per heavy atom. The number of nitrogens with zero attached hydrogens (tertiary/aromatic N) is 3. The minimum absolute atomic E-state index is 0.00578. The Balaban J connectivity index is 2.17. The number of nitrogens with two attached hydrogens (primary N) is 1. The molecular formula is C11H20N4O. The van der Waals surface area contributed by atoms with Crippen molar-refractivity contribution in [1.29, 1.82) is 0 Å². The average Bonchev–Trinajstić information content (AvgIpc) is 2.65. The van der Waals surface area contributed by atoms with Gasteiger partial charge in [-0.15, -0.1) is 10.2 Å². The second-order valence-electron chi connectivity index (χ2n) is 4.40. The minimum atomic E-state index is 0.00578. The number of hydrogen-bond acceptors (Lipinski definition) is 4. The van der Waals surface area contributed by atoms with Crippen molar-refractivity contribution in [3.05, 3.63) is 11.6 Å². The van der Waals surface area contributed by atoms with Crippen LogP contribution in [0.1, 0.15) is 37.8 Å². The van der Waals surface area contributed by atoms with E-state index in [0.717, 1.165) is 37.5 Å². The van der Waals surface area contributed by atoms with Gasteiger partial charge in [0.25, 0.3) is 0 Å². The molecule has 1 aromatic heterocycles. The minimum Gasteiger partial charge on any atom is -0.378 e. The molecule has 0 unspecified atom stereocenters. The summed E-state index contributed by atoms with van der Waals surface area (Å²) in [5.74, 6) is 1.87. The highest BCUT2D eigenvalue weighted by molar-refractivity contribution is 5.04. The van der Waals surface area contributed by atoms with E-state index in [1.54, 1.807) is 7.11 Å². The Morgan fingerprint density at radius 1 is 1.38 bits per heavy atom. The monoisotopic (exact) mass is 224 g/mol. The van der Waals surface area contributed by atoms with E-state index in [0.29, 0.717) is 6.54 Å². The number of rotatable bonds is 5. The average molecular weight is 224 g/mol. The first-order valence-corrected chi connectivity index (χ1v) is 5.91. The Morgan fingerprint density at radius 3 is 2.50 bits per heavy atom. The van der Waals surface area contributed by atoms with Crippen molar-refractivity contribution >= 4 is 0 Å². The quantitative estimate of drug-likeness (QED) is 0.806. The van der Waals surface area contributed by atoms with Gasteiger partial charge in [0.2, 0.25) is 0 Å². The second-order valence-corrected chi connectivity index (χ2v) is 4.40. The maximum atomic E-state index is 5.63. The smallest absolute Gasteiger partial charge is 0.146 e. The number of methoxy groups -OCH3 is 1. The highest BCUT2D eigenvalue weighted by Gasteiger charge is 2.38. The Labute approximate surface area is 96.0 Å². The zero-order valence-electron chi connectivity index (χ0n) is 10.1. The van der Waals surface area contributed by atoms with E-state index in [1.807, 2.05) is 0 Å². The number of aromatic nitrogens is 3. The van der Waals surface area contributed by atoms with E-state index in [-0.39, 0.29) is 5.60 Å². The molecule has 2 N–H and O–H groups in total. The van der Waals surface area contributed by atoms with Gasteiger partial charge < -0.3 is 15.0 Å². The van der Waals surface area contributed by atoms with Crippen LogP contribution < -0.4 is 5.73 Å². The van der Waals surface area contributed by atoms with Crippen molar-refractivity contribution in [2.45, 2.75) is 51.3 Å². The molecule has 0 atom stereocenters. The molecule has 1 fully saturated rings. The highest BCUT2D eigenvalue weighted by atomic mass is 16.5. The topological polar surface area (TPSA) is 66.0 Å². The molecule has 90 valence electrons. The van der Waals surface area contributed by atoms with Crippen molar-refractivity contribution in [2.75, 3.05) is 7.11 Å². The van der Waals surface area contributed by atoms with Crippen LogP contribution in [0.25, 0.3) is 0 Å². The highest BCUT2D eigenvalue weighted by Crippen LogP contribution is 2.37. The summed E-state index contributed by atoms with van der Waals surface area (Å²) >= 11 is 0. The lowest BCUT2D eigenvalue weighted by Crippen LogP contribution is -2.42. The zero-order valence-corrected chi connectivity index (χ0v) is 10.1. The van der Waals surface area contributed by atoms with Crippen LogP contribution in [0.4, 0.5) is 0 Å². The zero-order chi connectivity index (χ0) is 11.6. The van der Waals surface area contributed by atoms with Crippen molar-refractivity contribution in [1.82, 2.24) is 14.8 Å². The standard InChI is InChI=1S/C11H20N4O/c1-3-15-9(13-14-10(15)8-12)7-11(16-2)5-4-6-11/h3-8,12H2,1-2H3. The van der Waals surface area contributed by atoms with Crippen molar-refractivity contribution in [2.24, 2.45) is 5.73 Å². The predicted molar refractivity (Wildman–Crippen MR) is 60.9 cm³/mol. The molecular weight excluding hydrogens is 204 g/mol. The van der Waals surface area contributed by atoms with Gasteiger partial charge in [0.15, 0.2) is 0 Å². The van der Waals surface area contributed by atoms with E-state index in [1.165, 1.54) is 6.42 Å². The molecule has 2 rings (SSSR count). The van der Waals surface area contributed by atoms with Crippen LogP contribution in [0.15, 0.2) is 0 Å². The van der Waals surface area contributed by atoms with Crippen LogP contribution in [-0.4, -0.2) is 27.5 Å². The molecule has 0 bridgehead atoms. The van der Waals surface area contributed by atoms with Crippen molar-refractivity contribution in [3.8, 4) is 0 Å². The van der Waals surface area contributed by atoms with Crippen LogP contribution in [0.3, 0.4) is 0 Å². The predicted octanol–water partition coefficient (Wildman–Crippen LogP) is 0.868. The second kappa shape index (κ2) is 4.51. The molecule has 1 aromatic rings. The fourth-order valence-electron chi connectivity index (χ4n) is 2.33. The molecule has 1 aliphatic carbocycles. The molecule has 5 heteroatoms.